The van der Waals surface area contributed by atoms with E-state index in [1.54, 1.807) is 30.9 Å². The van der Waals surface area contributed by atoms with Gasteiger partial charge in [-0.1, -0.05) is 5.16 Å². The smallest absolute Gasteiger partial charge is 0.278 e. The number of halogens is 1. The van der Waals surface area contributed by atoms with Gasteiger partial charge in [-0.15, -0.1) is 0 Å². The summed E-state index contributed by atoms with van der Waals surface area (Å²) in [7, 11) is 1.66. The summed E-state index contributed by atoms with van der Waals surface area (Å²) in [4.78, 5) is 22.5. The van der Waals surface area contributed by atoms with Crippen LogP contribution in [0.15, 0.2) is 29.0 Å². The van der Waals surface area contributed by atoms with E-state index in [2.05, 4.69) is 15.1 Å². The summed E-state index contributed by atoms with van der Waals surface area (Å²) in [5, 5.41) is 3.77. The molecule has 0 N–H and O–H groups in total. The number of amides is 1. The number of carbonyl (C=O) groups excluding carboxylic acids is 1. The number of benzene rings is 1. The number of imidazole rings is 1. The average molecular weight is 313 g/mol. The molecule has 1 amide bonds. The Labute approximate surface area is 130 Å². The van der Waals surface area contributed by atoms with Crippen molar-refractivity contribution in [2.24, 2.45) is 0 Å². The van der Waals surface area contributed by atoms with E-state index >= 15 is 0 Å². The maximum absolute atomic E-state index is 13.5. The summed E-state index contributed by atoms with van der Waals surface area (Å²) in [5.74, 6) is 0.0857. The zero-order valence-electron chi connectivity index (χ0n) is 12.4. The summed E-state index contributed by atoms with van der Waals surface area (Å²) in [6.45, 7) is 2.02. The van der Waals surface area contributed by atoms with Gasteiger partial charge in [0.1, 0.15) is 12.1 Å². The van der Waals surface area contributed by atoms with Crippen LogP contribution in [0.3, 0.4) is 0 Å². The van der Waals surface area contributed by atoms with E-state index in [0.29, 0.717) is 29.6 Å². The number of hydrogen-bond acceptors (Lipinski definition) is 5. The standard InChI is InChI=1S/C15H12FN5O2/c1-8-18-14(23-19-8)13-12-6-20(2)15(22)10-5-9(16)3-4-11(10)21(12)7-17-13/h3-5,7H,6H2,1-2H3. The second-order valence-corrected chi connectivity index (χ2v) is 5.38. The Morgan fingerprint density at radius 1 is 1.35 bits per heavy atom. The zero-order chi connectivity index (χ0) is 16.1. The first kappa shape index (κ1) is 13.6. The monoisotopic (exact) mass is 313 g/mol. The Morgan fingerprint density at radius 3 is 2.91 bits per heavy atom. The predicted octanol–water partition coefficient (Wildman–Crippen LogP) is 1.96. The topological polar surface area (TPSA) is 77.0 Å². The highest BCUT2D eigenvalue weighted by Gasteiger charge is 2.28. The van der Waals surface area contributed by atoms with Crippen LogP contribution in [-0.4, -0.2) is 37.5 Å². The van der Waals surface area contributed by atoms with Gasteiger partial charge in [-0.2, -0.15) is 4.98 Å². The van der Waals surface area contributed by atoms with Gasteiger partial charge in [0, 0.05) is 7.05 Å². The molecule has 8 heteroatoms. The number of aryl methyl sites for hydroxylation is 1. The van der Waals surface area contributed by atoms with Crippen molar-refractivity contribution < 1.29 is 13.7 Å². The highest BCUT2D eigenvalue weighted by molar-refractivity contribution is 5.98. The van der Waals surface area contributed by atoms with Gasteiger partial charge in [-0.05, 0) is 25.1 Å². The molecule has 0 unspecified atom stereocenters. The van der Waals surface area contributed by atoms with Gasteiger partial charge in [0.15, 0.2) is 11.5 Å². The van der Waals surface area contributed by atoms with Gasteiger partial charge in [-0.25, -0.2) is 9.37 Å². The first-order chi connectivity index (χ1) is 11.0. The van der Waals surface area contributed by atoms with Crippen molar-refractivity contribution in [1.29, 1.82) is 0 Å². The lowest BCUT2D eigenvalue weighted by Gasteiger charge is -2.14. The molecule has 1 aliphatic heterocycles. The minimum absolute atomic E-state index is 0.254. The molecular formula is C15H12FN5O2. The van der Waals surface area contributed by atoms with Crippen LogP contribution < -0.4 is 0 Å². The fraction of sp³-hybridized carbons (Fsp3) is 0.200. The van der Waals surface area contributed by atoms with Crippen LogP contribution in [0.1, 0.15) is 21.9 Å². The minimum Gasteiger partial charge on any atom is -0.336 e. The molecule has 116 valence electrons. The Bertz CT molecular complexity index is 930. The minimum atomic E-state index is -0.457. The van der Waals surface area contributed by atoms with Gasteiger partial charge in [0.2, 0.25) is 0 Å². The van der Waals surface area contributed by atoms with Gasteiger partial charge < -0.3 is 9.42 Å². The number of nitrogens with zero attached hydrogens (tertiary/aromatic N) is 5. The van der Waals surface area contributed by atoms with Gasteiger partial charge in [0.05, 0.1) is 23.5 Å². The molecule has 1 aliphatic rings. The first-order valence-electron chi connectivity index (χ1n) is 6.97. The lowest BCUT2D eigenvalue weighted by molar-refractivity contribution is 0.0787. The van der Waals surface area contributed by atoms with Crippen molar-refractivity contribution in [3.63, 3.8) is 0 Å². The van der Waals surface area contributed by atoms with Crippen molar-refractivity contribution in [1.82, 2.24) is 24.6 Å². The Kier molecular flexibility index (Phi) is 2.80. The highest BCUT2D eigenvalue weighted by atomic mass is 19.1. The van der Waals surface area contributed by atoms with E-state index in [1.165, 1.54) is 17.0 Å². The summed E-state index contributed by atoms with van der Waals surface area (Å²) < 4.78 is 20.5. The Hall–Kier alpha value is -3.03. The highest BCUT2D eigenvalue weighted by Crippen LogP contribution is 2.30. The van der Waals surface area contributed by atoms with E-state index in [1.807, 2.05) is 0 Å². The van der Waals surface area contributed by atoms with Crippen LogP contribution in [0.4, 0.5) is 4.39 Å². The maximum atomic E-state index is 13.5. The largest absolute Gasteiger partial charge is 0.336 e. The number of fused-ring (bicyclic) bond motifs is 3. The van der Waals surface area contributed by atoms with Crippen LogP contribution in [0.2, 0.25) is 0 Å². The second-order valence-electron chi connectivity index (χ2n) is 5.38. The molecule has 0 bridgehead atoms. The maximum Gasteiger partial charge on any atom is 0.278 e. The summed E-state index contributed by atoms with van der Waals surface area (Å²) in [5.41, 5.74) is 2.11. The Morgan fingerprint density at radius 2 is 2.17 bits per heavy atom. The molecule has 0 atom stereocenters. The lowest BCUT2D eigenvalue weighted by atomic mass is 10.1. The van der Waals surface area contributed by atoms with Crippen molar-refractivity contribution in [2.75, 3.05) is 7.05 Å². The Balaban J connectivity index is 1.96. The lowest BCUT2D eigenvalue weighted by Crippen LogP contribution is -2.25. The first-order valence-corrected chi connectivity index (χ1v) is 6.97. The second kappa shape index (κ2) is 4.73. The molecule has 0 aliphatic carbocycles. The SMILES string of the molecule is Cc1noc(-c2ncn3c2CN(C)C(=O)c2cc(F)ccc2-3)n1. The third-order valence-corrected chi connectivity index (χ3v) is 3.78. The van der Waals surface area contributed by atoms with E-state index in [9.17, 15) is 9.18 Å². The molecule has 0 saturated heterocycles. The molecule has 23 heavy (non-hydrogen) atoms. The molecule has 4 rings (SSSR count). The van der Waals surface area contributed by atoms with Crippen molar-refractivity contribution in [2.45, 2.75) is 13.5 Å². The predicted molar refractivity (Wildman–Crippen MR) is 77.3 cm³/mol. The molecule has 7 nitrogen and oxygen atoms in total. The quantitative estimate of drug-likeness (QED) is 0.686. The van der Waals surface area contributed by atoms with E-state index in [0.717, 1.165) is 5.69 Å². The summed E-state index contributed by atoms with van der Waals surface area (Å²) in [6, 6.07) is 4.12. The molecular weight excluding hydrogens is 301 g/mol. The van der Waals surface area contributed by atoms with Gasteiger partial charge >= 0.3 is 0 Å². The van der Waals surface area contributed by atoms with Crippen molar-refractivity contribution in [3.05, 3.63) is 47.4 Å². The molecule has 3 aromatic rings. The van der Waals surface area contributed by atoms with Gasteiger partial charge in [0.25, 0.3) is 11.8 Å². The molecule has 1 aromatic carbocycles. The molecule has 0 fully saturated rings. The zero-order valence-corrected chi connectivity index (χ0v) is 12.4. The van der Waals surface area contributed by atoms with Crippen molar-refractivity contribution in [3.8, 4) is 17.3 Å². The van der Waals surface area contributed by atoms with Gasteiger partial charge in [-0.3, -0.25) is 9.36 Å². The number of aromatic nitrogens is 4. The normalized spacial score (nSPS) is 13.7. The van der Waals surface area contributed by atoms with Crippen LogP contribution in [0, 0.1) is 12.7 Å². The molecule has 2 aromatic heterocycles. The van der Waals surface area contributed by atoms with Crippen molar-refractivity contribution >= 4 is 5.91 Å². The van der Waals surface area contributed by atoms with E-state index < -0.39 is 5.82 Å². The third kappa shape index (κ3) is 2.02. The molecule has 3 heterocycles. The fourth-order valence-electron chi connectivity index (χ4n) is 2.70. The molecule has 0 spiro atoms. The van der Waals surface area contributed by atoms with Crippen LogP contribution in [0.25, 0.3) is 17.3 Å². The number of rotatable bonds is 1. The fourth-order valence-corrected chi connectivity index (χ4v) is 2.70. The van der Waals surface area contributed by atoms with Crippen LogP contribution in [0.5, 0.6) is 0 Å². The van der Waals surface area contributed by atoms with E-state index in [-0.39, 0.29) is 11.5 Å². The molecule has 0 radical (unpaired) electrons. The average Bonchev–Trinajstić information content (AvgIpc) is 3.10. The molecule has 0 saturated carbocycles. The van der Waals surface area contributed by atoms with Crippen LogP contribution >= 0.6 is 0 Å². The number of hydrogen-bond donors (Lipinski definition) is 0. The number of carbonyl (C=O) groups is 1. The van der Waals surface area contributed by atoms with Crippen LogP contribution in [-0.2, 0) is 6.54 Å². The summed E-state index contributed by atoms with van der Waals surface area (Å²) >= 11 is 0. The summed E-state index contributed by atoms with van der Waals surface area (Å²) in [6.07, 6.45) is 1.58. The van der Waals surface area contributed by atoms with E-state index in [4.69, 9.17) is 4.52 Å². The third-order valence-electron chi connectivity index (χ3n) is 3.78.